The molecule has 1 atom stereocenters. The summed E-state index contributed by atoms with van der Waals surface area (Å²) in [6.07, 6.45) is 3.43. The van der Waals surface area contributed by atoms with Gasteiger partial charge in [-0.2, -0.15) is 0 Å². The average molecular weight is 229 g/mol. The molecule has 0 spiro atoms. The second-order valence-electron chi connectivity index (χ2n) is 4.45. The van der Waals surface area contributed by atoms with Crippen LogP contribution in [0.1, 0.15) is 32.6 Å². The summed E-state index contributed by atoms with van der Waals surface area (Å²) in [5.74, 6) is 0. The Morgan fingerprint density at radius 2 is 2.19 bits per heavy atom. The molecule has 16 heavy (non-hydrogen) atoms. The van der Waals surface area contributed by atoms with Crippen molar-refractivity contribution in [3.05, 3.63) is 0 Å². The zero-order chi connectivity index (χ0) is 12.0. The zero-order valence-corrected chi connectivity index (χ0v) is 9.98. The van der Waals surface area contributed by atoms with Crippen molar-refractivity contribution in [1.82, 2.24) is 10.2 Å². The van der Waals surface area contributed by atoms with Gasteiger partial charge in [-0.3, -0.25) is 0 Å². The molecule has 0 aromatic carbocycles. The summed E-state index contributed by atoms with van der Waals surface area (Å²) in [5.41, 5.74) is 5.20. The number of primary amides is 1. The van der Waals surface area contributed by atoms with Gasteiger partial charge < -0.3 is 21.1 Å². The molecule has 0 bridgehead atoms. The Morgan fingerprint density at radius 3 is 2.69 bits per heavy atom. The van der Waals surface area contributed by atoms with Gasteiger partial charge >= 0.3 is 6.03 Å². The van der Waals surface area contributed by atoms with Crippen molar-refractivity contribution in [2.24, 2.45) is 5.73 Å². The van der Waals surface area contributed by atoms with Gasteiger partial charge in [0.15, 0.2) is 0 Å². The van der Waals surface area contributed by atoms with Crippen LogP contribution in [0.15, 0.2) is 0 Å². The van der Waals surface area contributed by atoms with Crippen LogP contribution in [0.5, 0.6) is 0 Å². The number of nitrogens with two attached hydrogens (primary N) is 1. The van der Waals surface area contributed by atoms with Crippen LogP contribution in [0.3, 0.4) is 0 Å². The molecule has 1 aliphatic rings. The van der Waals surface area contributed by atoms with Gasteiger partial charge in [0.1, 0.15) is 0 Å². The Bertz CT molecular complexity index is 215. The lowest BCUT2D eigenvalue weighted by Gasteiger charge is -2.31. The van der Waals surface area contributed by atoms with E-state index < -0.39 is 0 Å². The Kier molecular flexibility index (Phi) is 5.55. The number of piperidine rings is 1. The molecule has 1 unspecified atom stereocenters. The third kappa shape index (κ3) is 4.37. The Labute approximate surface area is 97.0 Å². The van der Waals surface area contributed by atoms with Crippen LogP contribution in [0.2, 0.25) is 0 Å². The first kappa shape index (κ1) is 13.3. The summed E-state index contributed by atoms with van der Waals surface area (Å²) in [6.45, 7) is 4.15. The lowest BCUT2D eigenvalue weighted by atomic mass is 10.0. The molecule has 5 nitrogen and oxygen atoms in total. The molecule has 1 fully saturated rings. The van der Waals surface area contributed by atoms with Crippen LogP contribution in [0, 0.1) is 0 Å². The van der Waals surface area contributed by atoms with E-state index in [1.165, 1.54) is 0 Å². The third-order valence-corrected chi connectivity index (χ3v) is 3.07. The molecule has 5 heteroatoms. The highest BCUT2D eigenvalue weighted by molar-refractivity contribution is 5.72. The Hall–Kier alpha value is -0.810. The number of hydrogen-bond donors (Lipinski definition) is 3. The van der Waals surface area contributed by atoms with E-state index in [9.17, 15) is 9.90 Å². The molecular weight excluding hydrogens is 206 g/mol. The van der Waals surface area contributed by atoms with Crippen LogP contribution in [-0.4, -0.2) is 47.8 Å². The second-order valence-corrected chi connectivity index (χ2v) is 4.45. The Morgan fingerprint density at radius 1 is 1.56 bits per heavy atom. The largest absolute Gasteiger partial charge is 0.392 e. The molecule has 0 radical (unpaired) electrons. The van der Waals surface area contributed by atoms with E-state index in [0.29, 0.717) is 12.6 Å². The van der Waals surface area contributed by atoms with E-state index in [1.807, 2.05) is 0 Å². The standard InChI is InChI=1S/C11H23N3O2/c1-2-3-10(15)8-13-9-4-6-14(7-5-9)11(12)16/h9-10,13,15H,2-8H2,1H3,(H2,12,16). The lowest BCUT2D eigenvalue weighted by Crippen LogP contribution is -2.48. The maximum Gasteiger partial charge on any atom is 0.314 e. The van der Waals surface area contributed by atoms with E-state index >= 15 is 0 Å². The first-order valence-corrected chi connectivity index (χ1v) is 6.09. The van der Waals surface area contributed by atoms with Gasteiger partial charge in [0.2, 0.25) is 0 Å². The van der Waals surface area contributed by atoms with Crippen molar-refractivity contribution < 1.29 is 9.90 Å². The number of carbonyl (C=O) groups is 1. The highest BCUT2D eigenvalue weighted by Gasteiger charge is 2.21. The monoisotopic (exact) mass is 229 g/mol. The number of likely N-dealkylation sites (tertiary alicyclic amines) is 1. The van der Waals surface area contributed by atoms with Crippen LogP contribution < -0.4 is 11.1 Å². The minimum absolute atomic E-state index is 0.251. The highest BCUT2D eigenvalue weighted by atomic mass is 16.3. The molecular formula is C11H23N3O2. The number of nitrogens with zero attached hydrogens (tertiary/aromatic N) is 1. The maximum atomic E-state index is 10.9. The summed E-state index contributed by atoms with van der Waals surface area (Å²) in [4.78, 5) is 12.6. The minimum Gasteiger partial charge on any atom is -0.392 e. The van der Waals surface area contributed by atoms with Gasteiger partial charge in [0.25, 0.3) is 0 Å². The summed E-state index contributed by atoms with van der Waals surface area (Å²) in [7, 11) is 0. The molecule has 0 aromatic rings. The molecule has 0 aliphatic carbocycles. The quantitative estimate of drug-likeness (QED) is 0.633. The summed E-state index contributed by atoms with van der Waals surface area (Å²) in [5, 5.41) is 12.9. The number of amides is 2. The van der Waals surface area contributed by atoms with Crippen molar-refractivity contribution in [1.29, 1.82) is 0 Å². The molecule has 0 saturated carbocycles. The molecule has 0 aromatic heterocycles. The van der Waals surface area contributed by atoms with E-state index in [1.54, 1.807) is 4.90 Å². The average Bonchev–Trinajstić information content (AvgIpc) is 2.27. The first-order valence-electron chi connectivity index (χ1n) is 6.09. The fourth-order valence-corrected chi connectivity index (χ4v) is 2.04. The normalized spacial score (nSPS) is 19.8. The van der Waals surface area contributed by atoms with Crippen LogP contribution in [0.25, 0.3) is 0 Å². The number of nitrogens with one attached hydrogen (secondary N) is 1. The van der Waals surface area contributed by atoms with E-state index in [2.05, 4.69) is 12.2 Å². The molecule has 1 rings (SSSR count). The predicted molar refractivity (Wildman–Crippen MR) is 63.1 cm³/mol. The summed E-state index contributed by atoms with van der Waals surface area (Å²) >= 11 is 0. The van der Waals surface area contributed by atoms with Crippen molar-refractivity contribution in [2.75, 3.05) is 19.6 Å². The molecule has 94 valence electrons. The lowest BCUT2D eigenvalue weighted by molar-refractivity contribution is 0.145. The van der Waals surface area contributed by atoms with E-state index in [-0.39, 0.29) is 12.1 Å². The second kappa shape index (κ2) is 6.70. The summed E-state index contributed by atoms with van der Waals surface area (Å²) < 4.78 is 0. The van der Waals surface area contributed by atoms with Gasteiger partial charge in [0, 0.05) is 25.7 Å². The van der Waals surface area contributed by atoms with Gasteiger partial charge in [-0.25, -0.2) is 4.79 Å². The topological polar surface area (TPSA) is 78.6 Å². The molecule has 2 amide bonds. The fourth-order valence-electron chi connectivity index (χ4n) is 2.04. The smallest absolute Gasteiger partial charge is 0.314 e. The van der Waals surface area contributed by atoms with Gasteiger partial charge in [-0.15, -0.1) is 0 Å². The van der Waals surface area contributed by atoms with Crippen LogP contribution in [0.4, 0.5) is 4.79 Å². The van der Waals surface area contributed by atoms with E-state index in [4.69, 9.17) is 5.73 Å². The molecule has 1 aliphatic heterocycles. The fraction of sp³-hybridized carbons (Fsp3) is 0.909. The number of hydrogen-bond acceptors (Lipinski definition) is 3. The zero-order valence-electron chi connectivity index (χ0n) is 9.98. The molecule has 4 N–H and O–H groups in total. The van der Waals surface area contributed by atoms with Crippen LogP contribution in [-0.2, 0) is 0 Å². The Balaban J connectivity index is 2.14. The molecule has 1 saturated heterocycles. The SMILES string of the molecule is CCCC(O)CNC1CCN(C(N)=O)CC1. The van der Waals surface area contributed by atoms with Gasteiger partial charge in [0.05, 0.1) is 6.10 Å². The highest BCUT2D eigenvalue weighted by Crippen LogP contribution is 2.10. The molecule has 1 heterocycles. The van der Waals surface area contributed by atoms with Gasteiger partial charge in [-0.1, -0.05) is 13.3 Å². The number of urea groups is 1. The predicted octanol–water partition coefficient (Wildman–Crippen LogP) is 0.280. The van der Waals surface area contributed by atoms with Crippen molar-refractivity contribution in [3.8, 4) is 0 Å². The number of rotatable bonds is 5. The van der Waals surface area contributed by atoms with Crippen molar-refractivity contribution >= 4 is 6.03 Å². The minimum atomic E-state index is -0.329. The summed E-state index contributed by atoms with van der Waals surface area (Å²) in [6, 6.07) is 0.0755. The number of aliphatic hydroxyl groups excluding tert-OH is 1. The van der Waals surface area contributed by atoms with Gasteiger partial charge in [-0.05, 0) is 19.3 Å². The van der Waals surface area contributed by atoms with Crippen LogP contribution >= 0.6 is 0 Å². The van der Waals surface area contributed by atoms with E-state index in [0.717, 1.165) is 38.8 Å². The number of aliphatic hydroxyl groups is 1. The van der Waals surface area contributed by atoms with Crippen molar-refractivity contribution in [3.63, 3.8) is 0 Å². The first-order chi connectivity index (χ1) is 7.63. The maximum absolute atomic E-state index is 10.9. The van der Waals surface area contributed by atoms with Crippen molar-refractivity contribution in [2.45, 2.75) is 44.8 Å². The third-order valence-electron chi connectivity index (χ3n) is 3.07. The number of carbonyl (C=O) groups excluding carboxylic acids is 1.